The average Bonchev–Trinajstić information content (AvgIpc) is 2.58. The number of nitrogens with one attached hydrogen (secondary N) is 1. The fourth-order valence-electron chi connectivity index (χ4n) is 2.09. The maximum absolute atomic E-state index is 12.0. The van der Waals surface area contributed by atoms with Crippen molar-refractivity contribution < 1.29 is 14.5 Å². The molecule has 0 saturated heterocycles. The molecular formula is C16H14N4O4. The van der Waals surface area contributed by atoms with E-state index in [0.29, 0.717) is 16.9 Å². The minimum absolute atomic E-state index is 0.0224. The van der Waals surface area contributed by atoms with Crippen LogP contribution in [0, 0.1) is 28.4 Å². The zero-order valence-electron chi connectivity index (χ0n) is 12.9. The summed E-state index contributed by atoms with van der Waals surface area (Å²) in [6, 6.07) is 9.71. The van der Waals surface area contributed by atoms with Crippen LogP contribution in [0.2, 0.25) is 0 Å². The van der Waals surface area contributed by atoms with Gasteiger partial charge in [0, 0.05) is 11.8 Å². The number of carbonyl (C=O) groups excluding carboxylic acids is 1. The molecule has 1 heterocycles. The summed E-state index contributed by atoms with van der Waals surface area (Å²) in [5, 5.41) is 22.9. The number of nitro groups is 1. The van der Waals surface area contributed by atoms with Gasteiger partial charge in [0.2, 0.25) is 0 Å². The molecule has 0 bridgehead atoms. The Morgan fingerprint density at radius 1 is 1.42 bits per heavy atom. The van der Waals surface area contributed by atoms with Gasteiger partial charge in [-0.1, -0.05) is 12.1 Å². The number of nitrogens with zero attached hydrogens (tertiary/aromatic N) is 3. The van der Waals surface area contributed by atoms with Crippen LogP contribution in [-0.4, -0.2) is 29.0 Å². The van der Waals surface area contributed by atoms with E-state index in [4.69, 9.17) is 10.00 Å². The van der Waals surface area contributed by atoms with Crippen molar-refractivity contribution in [2.75, 3.05) is 18.5 Å². The van der Waals surface area contributed by atoms with E-state index in [9.17, 15) is 14.9 Å². The van der Waals surface area contributed by atoms with E-state index in [1.165, 1.54) is 12.3 Å². The number of benzene rings is 1. The fraction of sp³-hybridized carbons (Fsp3) is 0.188. The molecule has 122 valence electrons. The predicted molar refractivity (Wildman–Crippen MR) is 85.6 cm³/mol. The molecular weight excluding hydrogens is 312 g/mol. The lowest BCUT2D eigenvalue weighted by atomic mass is 10.1. The predicted octanol–water partition coefficient (Wildman–Crippen LogP) is 2.44. The van der Waals surface area contributed by atoms with Crippen LogP contribution in [0.1, 0.15) is 21.5 Å². The topological polar surface area (TPSA) is 118 Å². The monoisotopic (exact) mass is 326 g/mol. The van der Waals surface area contributed by atoms with Crippen LogP contribution in [0.5, 0.6) is 0 Å². The number of anilines is 1. The average molecular weight is 326 g/mol. The summed E-state index contributed by atoms with van der Waals surface area (Å²) in [7, 11) is 0. The molecule has 0 amide bonds. The first-order chi connectivity index (χ1) is 11.5. The highest BCUT2D eigenvalue weighted by Crippen LogP contribution is 2.23. The second-order valence-electron chi connectivity index (χ2n) is 4.80. The van der Waals surface area contributed by atoms with E-state index in [1.807, 2.05) is 6.07 Å². The fourth-order valence-corrected chi connectivity index (χ4v) is 2.09. The first-order valence-corrected chi connectivity index (χ1v) is 7.04. The van der Waals surface area contributed by atoms with Gasteiger partial charge in [0.25, 0.3) is 5.69 Å². The van der Waals surface area contributed by atoms with Gasteiger partial charge in [-0.15, -0.1) is 0 Å². The maximum Gasteiger partial charge on any atom is 0.345 e. The molecule has 0 aliphatic heterocycles. The molecule has 2 aromatic rings. The SMILES string of the molecule is Cc1cccc(C(=O)OCCNc2ncccc2C#N)c1[N+](=O)[O-]. The number of pyridine rings is 1. The number of ether oxygens (including phenoxy) is 1. The molecule has 0 saturated carbocycles. The molecule has 1 aromatic heterocycles. The zero-order valence-corrected chi connectivity index (χ0v) is 12.9. The molecule has 0 fully saturated rings. The minimum Gasteiger partial charge on any atom is -0.460 e. The van der Waals surface area contributed by atoms with Gasteiger partial charge in [-0.2, -0.15) is 5.26 Å². The van der Waals surface area contributed by atoms with Gasteiger partial charge in [0.05, 0.1) is 17.0 Å². The van der Waals surface area contributed by atoms with Gasteiger partial charge >= 0.3 is 5.97 Å². The highest BCUT2D eigenvalue weighted by Gasteiger charge is 2.23. The Kier molecular flexibility index (Phi) is 5.41. The molecule has 8 heteroatoms. The summed E-state index contributed by atoms with van der Waals surface area (Å²) in [4.78, 5) is 26.5. The van der Waals surface area contributed by atoms with Crippen molar-refractivity contribution in [3.05, 3.63) is 63.3 Å². The zero-order chi connectivity index (χ0) is 17.5. The van der Waals surface area contributed by atoms with Gasteiger partial charge in [0.1, 0.15) is 24.1 Å². The molecule has 0 spiro atoms. The Labute approximate surface area is 137 Å². The molecule has 2 rings (SSSR count). The second kappa shape index (κ2) is 7.69. The Hall–Kier alpha value is -3.47. The largest absolute Gasteiger partial charge is 0.460 e. The molecule has 24 heavy (non-hydrogen) atoms. The first-order valence-electron chi connectivity index (χ1n) is 7.04. The third-order valence-electron chi connectivity index (χ3n) is 3.20. The number of aryl methyl sites for hydroxylation is 1. The number of aromatic nitrogens is 1. The number of rotatable bonds is 6. The smallest absolute Gasteiger partial charge is 0.345 e. The van der Waals surface area contributed by atoms with Crippen molar-refractivity contribution in [3.8, 4) is 6.07 Å². The van der Waals surface area contributed by atoms with Gasteiger partial charge in [-0.05, 0) is 25.1 Å². The standard InChI is InChI=1S/C16H14N4O4/c1-11-4-2-6-13(14(11)20(22)23)16(21)24-9-8-19-15-12(10-17)5-3-7-18-15/h2-7H,8-9H2,1H3,(H,18,19). The van der Waals surface area contributed by atoms with E-state index in [1.54, 1.807) is 31.2 Å². The number of para-hydroxylation sites is 1. The third-order valence-corrected chi connectivity index (χ3v) is 3.20. The number of hydrogen-bond donors (Lipinski definition) is 1. The van der Waals surface area contributed by atoms with Crippen molar-refractivity contribution in [1.82, 2.24) is 4.98 Å². The molecule has 0 aliphatic carbocycles. The summed E-state index contributed by atoms with van der Waals surface area (Å²) in [6.07, 6.45) is 1.53. The van der Waals surface area contributed by atoms with E-state index < -0.39 is 10.9 Å². The van der Waals surface area contributed by atoms with Crippen LogP contribution >= 0.6 is 0 Å². The molecule has 0 atom stereocenters. The summed E-state index contributed by atoms with van der Waals surface area (Å²) in [5.74, 6) is -0.383. The molecule has 0 aliphatic rings. The Morgan fingerprint density at radius 3 is 2.92 bits per heavy atom. The number of nitro benzene ring substituents is 1. The normalized spacial score (nSPS) is 9.83. The van der Waals surface area contributed by atoms with Gasteiger partial charge in [-0.3, -0.25) is 10.1 Å². The quantitative estimate of drug-likeness (QED) is 0.375. The number of esters is 1. The Balaban J connectivity index is 1.96. The number of nitriles is 1. The highest BCUT2D eigenvalue weighted by molar-refractivity contribution is 5.94. The molecule has 0 unspecified atom stereocenters. The van der Waals surface area contributed by atoms with E-state index >= 15 is 0 Å². The summed E-state index contributed by atoms with van der Waals surface area (Å²) >= 11 is 0. The van der Waals surface area contributed by atoms with E-state index in [2.05, 4.69) is 10.3 Å². The summed E-state index contributed by atoms with van der Waals surface area (Å²) in [5.41, 5.74) is 0.417. The van der Waals surface area contributed by atoms with Crippen LogP contribution in [0.25, 0.3) is 0 Å². The van der Waals surface area contributed by atoms with Crippen LogP contribution in [-0.2, 0) is 4.74 Å². The molecule has 1 N–H and O–H groups in total. The summed E-state index contributed by atoms with van der Waals surface area (Å²) < 4.78 is 5.05. The van der Waals surface area contributed by atoms with Crippen molar-refractivity contribution >= 4 is 17.5 Å². The van der Waals surface area contributed by atoms with Crippen molar-refractivity contribution in [1.29, 1.82) is 5.26 Å². The van der Waals surface area contributed by atoms with Crippen LogP contribution in [0.4, 0.5) is 11.5 Å². The number of hydrogen-bond acceptors (Lipinski definition) is 7. The highest BCUT2D eigenvalue weighted by atomic mass is 16.6. The van der Waals surface area contributed by atoms with E-state index in [-0.39, 0.29) is 24.4 Å². The lowest BCUT2D eigenvalue weighted by Crippen LogP contribution is -2.16. The van der Waals surface area contributed by atoms with Gasteiger partial charge < -0.3 is 10.1 Å². The second-order valence-corrected chi connectivity index (χ2v) is 4.80. The lowest BCUT2D eigenvalue weighted by molar-refractivity contribution is -0.385. The molecule has 8 nitrogen and oxygen atoms in total. The van der Waals surface area contributed by atoms with Crippen LogP contribution in [0.15, 0.2) is 36.5 Å². The number of carbonyl (C=O) groups is 1. The van der Waals surface area contributed by atoms with Crippen LogP contribution in [0.3, 0.4) is 0 Å². The Morgan fingerprint density at radius 2 is 2.21 bits per heavy atom. The Bertz CT molecular complexity index is 814. The van der Waals surface area contributed by atoms with Crippen molar-refractivity contribution in [2.45, 2.75) is 6.92 Å². The summed E-state index contributed by atoms with van der Waals surface area (Å²) in [6.45, 7) is 1.75. The van der Waals surface area contributed by atoms with E-state index in [0.717, 1.165) is 0 Å². The lowest BCUT2D eigenvalue weighted by Gasteiger charge is -2.08. The van der Waals surface area contributed by atoms with Crippen molar-refractivity contribution in [2.24, 2.45) is 0 Å². The minimum atomic E-state index is -0.770. The van der Waals surface area contributed by atoms with Crippen LogP contribution < -0.4 is 5.32 Å². The van der Waals surface area contributed by atoms with Gasteiger partial charge in [-0.25, -0.2) is 9.78 Å². The molecule has 1 aromatic carbocycles. The third kappa shape index (κ3) is 3.84. The van der Waals surface area contributed by atoms with Crippen molar-refractivity contribution in [3.63, 3.8) is 0 Å². The maximum atomic E-state index is 12.0. The molecule has 0 radical (unpaired) electrons. The first kappa shape index (κ1) is 16.9. The van der Waals surface area contributed by atoms with Gasteiger partial charge in [0.15, 0.2) is 0 Å².